The Hall–Kier alpha value is -1.32. The van der Waals surface area contributed by atoms with Crippen LogP contribution in [0.4, 0.5) is 0 Å². The first-order valence-electron chi connectivity index (χ1n) is 13.9. The van der Waals surface area contributed by atoms with Gasteiger partial charge in [0.2, 0.25) is 5.91 Å². The second-order valence-corrected chi connectivity index (χ2v) is 12.3. The van der Waals surface area contributed by atoms with Crippen LogP contribution in [-0.2, 0) is 14.3 Å². The zero-order chi connectivity index (χ0) is 23.8. The Morgan fingerprint density at radius 3 is 2.55 bits per heavy atom. The lowest BCUT2D eigenvalue weighted by molar-refractivity contribution is -0.152. The van der Waals surface area contributed by atoms with Gasteiger partial charge in [0.15, 0.2) is 0 Å². The second-order valence-electron chi connectivity index (χ2n) is 12.3. The van der Waals surface area contributed by atoms with Crippen LogP contribution in [0.1, 0.15) is 105 Å². The number of ether oxygens (including phenoxy) is 1. The smallest absolute Gasteiger partial charge is 0.302 e. The highest BCUT2D eigenvalue weighted by Crippen LogP contribution is 2.66. The van der Waals surface area contributed by atoms with Crippen molar-refractivity contribution in [3.63, 3.8) is 0 Å². The molecule has 186 valence electrons. The predicted octanol–water partition coefficient (Wildman–Crippen LogP) is 6.44. The summed E-state index contributed by atoms with van der Waals surface area (Å²) >= 11 is 0. The molecule has 0 spiro atoms. The molecule has 4 heteroatoms. The quantitative estimate of drug-likeness (QED) is 0.272. The maximum atomic E-state index is 13.0. The lowest BCUT2D eigenvalue weighted by Gasteiger charge is -2.57. The molecule has 3 saturated carbocycles. The van der Waals surface area contributed by atoms with Gasteiger partial charge >= 0.3 is 5.97 Å². The topological polar surface area (TPSA) is 55.4 Å². The summed E-state index contributed by atoms with van der Waals surface area (Å²) in [5.74, 6) is 2.66. The Morgan fingerprint density at radius 1 is 1.09 bits per heavy atom. The van der Waals surface area contributed by atoms with E-state index in [9.17, 15) is 9.59 Å². The third-order valence-electron chi connectivity index (χ3n) is 10.5. The van der Waals surface area contributed by atoms with Crippen LogP contribution in [0.15, 0.2) is 11.6 Å². The molecule has 1 amide bonds. The fourth-order valence-electron chi connectivity index (χ4n) is 8.61. The number of amides is 1. The molecule has 4 aliphatic rings. The molecule has 8 atom stereocenters. The molecule has 0 aromatic rings. The molecule has 4 nitrogen and oxygen atoms in total. The number of carbonyl (C=O) groups excluding carboxylic acids is 2. The average Bonchev–Trinajstić information content (AvgIpc) is 3.13. The molecule has 0 heterocycles. The maximum Gasteiger partial charge on any atom is 0.302 e. The average molecular weight is 458 g/mol. The van der Waals surface area contributed by atoms with Crippen molar-refractivity contribution < 1.29 is 14.3 Å². The first kappa shape index (κ1) is 24.8. The molecule has 0 aromatic carbocycles. The number of hydrogen-bond acceptors (Lipinski definition) is 3. The standard InChI is InChI=1S/C29H47NO3/c1-6-7-8-17-30-27(32)19(2)24-11-12-25-23-10-9-21-18-22(33-20(3)31)13-15-28(21,4)26(23)14-16-29(24,25)5/h10,19,21-22,24-26H,6-9,11-18H2,1-5H3,(H,30,32)/t19-,21-,22-,24+,25-,26-,28-,29+/m0/s1. The van der Waals surface area contributed by atoms with Crippen LogP contribution in [0.2, 0.25) is 0 Å². The van der Waals surface area contributed by atoms with Crippen LogP contribution in [0, 0.1) is 40.4 Å². The van der Waals surface area contributed by atoms with Gasteiger partial charge in [-0.2, -0.15) is 0 Å². The molecule has 0 bridgehead atoms. The largest absolute Gasteiger partial charge is 0.463 e. The van der Waals surface area contributed by atoms with Crippen molar-refractivity contribution in [2.75, 3.05) is 6.54 Å². The summed E-state index contributed by atoms with van der Waals surface area (Å²) in [5.41, 5.74) is 2.31. The Balaban J connectivity index is 1.46. The van der Waals surface area contributed by atoms with Crippen LogP contribution in [0.3, 0.4) is 0 Å². The minimum atomic E-state index is -0.135. The number of nitrogens with one attached hydrogen (secondary N) is 1. The first-order chi connectivity index (χ1) is 15.7. The van der Waals surface area contributed by atoms with Gasteiger partial charge in [0.25, 0.3) is 0 Å². The van der Waals surface area contributed by atoms with E-state index < -0.39 is 0 Å². The van der Waals surface area contributed by atoms with Gasteiger partial charge in [0.05, 0.1) is 0 Å². The SMILES string of the molecule is CCCCCNC(=O)[C@@H](C)[C@H]1CC[C@H]2C3=CC[C@H]4C[C@@H](OC(C)=O)CC[C@]4(C)[C@H]3CC[C@]12C. The third kappa shape index (κ3) is 4.52. The van der Waals surface area contributed by atoms with Crippen molar-refractivity contribution in [3.8, 4) is 0 Å². The van der Waals surface area contributed by atoms with E-state index in [0.29, 0.717) is 29.1 Å². The Bertz CT molecular complexity index is 775. The lowest BCUT2D eigenvalue weighted by atomic mass is 9.47. The third-order valence-corrected chi connectivity index (χ3v) is 10.5. The van der Waals surface area contributed by atoms with Crippen molar-refractivity contribution in [1.82, 2.24) is 5.32 Å². The number of unbranched alkanes of at least 4 members (excludes halogenated alkanes) is 2. The van der Waals surface area contributed by atoms with E-state index in [-0.39, 0.29) is 29.3 Å². The van der Waals surface area contributed by atoms with Gasteiger partial charge in [0, 0.05) is 19.4 Å². The van der Waals surface area contributed by atoms with Crippen molar-refractivity contribution in [1.29, 1.82) is 0 Å². The number of hydrogen-bond donors (Lipinski definition) is 1. The van der Waals surface area contributed by atoms with Gasteiger partial charge in [-0.3, -0.25) is 9.59 Å². The molecule has 0 radical (unpaired) electrons. The number of rotatable bonds is 7. The Morgan fingerprint density at radius 2 is 1.82 bits per heavy atom. The van der Waals surface area contributed by atoms with Gasteiger partial charge < -0.3 is 10.1 Å². The second kappa shape index (κ2) is 9.74. The predicted molar refractivity (Wildman–Crippen MR) is 132 cm³/mol. The van der Waals surface area contributed by atoms with Crippen LogP contribution in [-0.4, -0.2) is 24.5 Å². The van der Waals surface area contributed by atoms with E-state index >= 15 is 0 Å². The van der Waals surface area contributed by atoms with Crippen LogP contribution in [0.25, 0.3) is 0 Å². The van der Waals surface area contributed by atoms with Gasteiger partial charge in [-0.15, -0.1) is 0 Å². The van der Waals surface area contributed by atoms with E-state index in [1.807, 2.05) is 0 Å². The Kier molecular flexibility index (Phi) is 7.32. The van der Waals surface area contributed by atoms with E-state index in [1.165, 1.54) is 51.9 Å². The van der Waals surface area contributed by atoms with Gasteiger partial charge in [-0.25, -0.2) is 0 Å². The molecule has 4 aliphatic carbocycles. The van der Waals surface area contributed by atoms with Gasteiger partial charge in [0.1, 0.15) is 6.10 Å². The van der Waals surface area contributed by atoms with Crippen molar-refractivity contribution in [2.24, 2.45) is 40.4 Å². The normalized spacial score (nSPS) is 40.6. The number of esters is 1. The summed E-state index contributed by atoms with van der Waals surface area (Å²) in [4.78, 5) is 24.5. The molecular formula is C29H47NO3. The van der Waals surface area contributed by atoms with E-state index in [1.54, 1.807) is 5.57 Å². The summed E-state index contributed by atoms with van der Waals surface area (Å²) in [6.45, 7) is 11.8. The molecule has 0 unspecified atom stereocenters. The molecule has 4 rings (SSSR count). The van der Waals surface area contributed by atoms with Crippen molar-refractivity contribution >= 4 is 11.9 Å². The molecular weight excluding hydrogens is 410 g/mol. The summed E-state index contributed by atoms with van der Waals surface area (Å²) in [7, 11) is 0. The molecule has 0 aliphatic heterocycles. The summed E-state index contributed by atoms with van der Waals surface area (Å²) in [6, 6.07) is 0. The summed E-state index contributed by atoms with van der Waals surface area (Å²) < 4.78 is 5.61. The van der Waals surface area contributed by atoms with Crippen molar-refractivity contribution in [3.05, 3.63) is 11.6 Å². The number of allylic oxidation sites excluding steroid dienone is 2. The van der Waals surface area contributed by atoms with E-state index in [2.05, 4.69) is 39.1 Å². The van der Waals surface area contributed by atoms with Crippen LogP contribution >= 0.6 is 0 Å². The number of fused-ring (bicyclic) bond motifs is 5. The molecule has 0 aromatic heterocycles. The zero-order valence-corrected chi connectivity index (χ0v) is 21.8. The van der Waals surface area contributed by atoms with Gasteiger partial charge in [-0.05, 0) is 92.3 Å². The first-order valence-corrected chi connectivity index (χ1v) is 13.9. The highest BCUT2D eigenvalue weighted by molar-refractivity contribution is 5.78. The summed E-state index contributed by atoms with van der Waals surface area (Å²) in [6.07, 6.45) is 15.4. The highest BCUT2D eigenvalue weighted by Gasteiger charge is 2.58. The van der Waals surface area contributed by atoms with Gasteiger partial charge in [-0.1, -0.05) is 52.2 Å². The number of carbonyl (C=O) groups is 2. The van der Waals surface area contributed by atoms with Crippen LogP contribution < -0.4 is 5.32 Å². The monoisotopic (exact) mass is 457 g/mol. The molecule has 33 heavy (non-hydrogen) atoms. The minimum absolute atomic E-state index is 0.102. The highest BCUT2D eigenvalue weighted by atomic mass is 16.5. The molecule has 3 fully saturated rings. The van der Waals surface area contributed by atoms with Crippen molar-refractivity contribution in [2.45, 2.75) is 111 Å². The minimum Gasteiger partial charge on any atom is -0.463 e. The van der Waals surface area contributed by atoms with E-state index in [4.69, 9.17) is 4.74 Å². The van der Waals surface area contributed by atoms with E-state index in [0.717, 1.165) is 32.2 Å². The Labute approximate surface area is 201 Å². The molecule has 1 N–H and O–H groups in total. The maximum absolute atomic E-state index is 13.0. The fourth-order valence-corrected chi connectivity index (χ4v) is 8.61. The molecule has 0 saturated heterocycles. The fraction of sp³-hybridized carbons (Fsp3) is 0.862. The summed E-state index contributed by atoms with van der Waals surface area (Å²) in [5, 5.41) is 3.23. The zero-order valence-electron chi connectivity index (χ0n) is 21.8. The lowest BCUT2D eigenvalue weighted by Crippen LogP contribution is -2.50. The van der Waals surface area contributed by atoms with Crippen LogP contribution in [0.5, 0.6) is 0 Å².